The van der Waals surface area contributed by atoms with Crippen LogP contribution in [-0.4, -0.2) is 11.2 Å². The minimum Gasteiger partial charge on any atom is -0.358 e. The smallest absolute Gasteiger partial charge is 0.0630 e. The Morgan fingerprint density at radius 1 is 1.07 bits per heavy atom. The van der Waals surface area contributed by atoms with Crippen molar-refractivity contribution >= 4 is 11.9 Å². The van der Waals surface area contributed by atoms with Gasteiger partial charge in [-0.1, -0.05) is 18.2 Å². The summed E-state index contributed by atoms with van der Waals surface area (Å²) < 4.78 is 0. The fourth-order valence-corrected chi connectivity index (χ4v) is 1.26. The van der Waals surface area contributed by atoms with Crippen molar-refractivity contribution in [3.8, 4) is 0 Å². The van der Waals surface area contributed by atoms with E-state index in [0.717, 1.165) is 17.1 Å². The van der Waals surface area contributed by atoms with Gasteiger partial charge in [0, 0.05) is 5.69 Å². The number of aliphatic imine (C=N–C) groups is 1. The van der Waals surface area contributed by atoms with E-state index >= 15 is 0 Å². The second-order valence-corrected chi connectivity index (χ2v) is 3.19. The molecule has 1 N–H and O–H groups in total. The predicted octanol–water partition coefficient (Wildman–Crippen LogP) is 3.07. The minimum absolute atomic E-state index is 0.972. The van der Waals surface area contributed by atoms with Crippen LogP contribution < -0.4 is 0 Å². The number of H-pyrrole nitrogens is 1. The van der Waals surface area contributed by atoms with Gasteiger partial charge in [0.25, 0.3) is 0 Å². The Labute approximate surface area is 83.3 Å². The molecule has 0 fully saturated rings. The molecule has 1 heterocycles. The molecule has 0 aliphatic rings. The van der Waals surface area contributed by atoms with Gasteiger partial charge in [0.15, 0.2) is 0 Å². The Kier molecular flexibility index (Phi) is 2.45. The van der Waals surface area contributed by atoms with Gasteiger partial charge in [-0.15, -0.1) is 0 Å². The Morgan fingerprint density at radius 2 is 1.86 bits per heavy atom. The quantitative estimate of drug-likeness (QED) is 0.695. The van der Waals surface area contributed by atoms with Crippen molar-refractivity contribution in [2.24, 2.45) is 4.99 Å². The average Bonchev–Trinajstić information content (AvgIpc) is 2.63. The number of benzene rings is 1. The van der Waals surface area contributed by atoms with Crippen LogP contribution in [0.4, 0.5) is 5.69 Å². The summed E-state index contributed by atoms with van der Waals surface area (Å²) in [6.07, 6.45) is 1.84. The van der Waals surface area contributed by atoms with Crippen LogP contribution in [0.25, 0.3) is 0 Å². The molecule has 0 aliphatic carbocycles. The highest BCUT2D eigenvalue weighted by molar-refractivity contribution is 5.79. The first-order chi connectivity index (χ1) is 6.84. The van der Waals surface area contributed by atoms with Gasteiger partial charge in [-0.3, -0.25) is 4.99 Å². The van der Waals surface area contributed by atoms with Crippen LogP contribution in [0.2, 0.25) is 0 Å². The highest BCUT2D eigenvalue weighted by Gasteiger charge is 1.90. The van der Waals surface area contributed by atoms with E-state index in [1.165, 1.54) is 0 Å². The molecular formula is C12H12N2. The Balaban J connectivity index is 2.15. The molecule has 0 radical (unpaired) electrons. The zero-order valence-corrected chi connectivity index (χ0v) is 8.07. The number of nitrogens with one attached hydrogen (secondary N) is 1. The van der Waals surface area contributed by atoms with E-state index < -0.39 is 0 Å². The van der Waals surface area contributed by atoms with Gasteiger partial charge in [0.2, 0.25) is 0 Å². The third kappa shape index (κ3) is 2.10. The van der Waals surface area contributed by atoms with Gasteiger partial charge in [-0.2, -0.15) is 0 Å². The lowest BCUT2D eigenvalue weighted by molar-refractivity contribution is 1.25. The van der Waals surface area contributed by atoms with Gasteiger partial charge in [-0.05, 0) is 31.2 Å². The second kappa shape index (κ2) is 3.92. The number of aryl methyl sites for hydroxylation is 1. The van der Waals surface area contributed by atoms with Gasteiger partial charge in [0.1, 0.15) is 0 Å². The first kappa shape index (κ1) is 8.75. The third-order valence-corrected chi connectivity index (χ3v) is 1.96. The number of aromatic nitrogens is 1. The molecule has 2 rings (SSSR count). The Morgan fingerprint density at radius 3 is 2.50 bits per heavy atom. The highest BCUT2D eigenvalue weighted by Crippen LogP contribution is 2.09. The molecule has 2 nitrogen and oxygen atoms in total. The molecule has 2 aromatic rings. The van der Waals surface area contributed by atoms with E-state index in [9.17, 15) is 0 Å². The summed E-state index contributed by atoms with van der Waals surface area (Å²) in [5.41, 5.74) is 3.16. The maximum Gasteiger partial charge on any atom is 0.0630 e. The van der Waals surface area contributed by atoms with Gasteiger partial charge in [0.05, 0.1) is 17.6 Å². The largest absolute Gasteiger partial charge is 0.358 e. The number of rotatable bonds is 2. The van der Waals surface area contributed by atoms with Crippen LogP contribution in [0.3, 0.4) is 0 Å². The van der Waals surface area contributed by atoms with Gasteiger partial charge < -0.3 is 4.98 Å². The molecule has 1 aromatic heterocycles. The highest BCUT2D eigenvalue weighted by atomic mass is 14.8. The van der Waals surface area contributed by atoms with Crippen molar-refractivity contribution in [3.63, 3.8) is 0 Å². The van der Waals surface area contributed by atoms with Crippen molar-refractivity contribution in [1.29, 1.82) is 0 Å². The van der Waals surface area contributed by atoms with Crippen LogP contribution in [0.1, 0.15) is 11.4 Å². The number of para-hydroxylation sites is 1. The first-order valence-electron chi connectivity index (χ1n) is 4.59. The van der Waals surface area contributed by atoms with Gasteiger partial charge in [-0.25, -0.2) is 0 Å². The third-order valence-electron chi connectivity index (χ3n) is 1.96. The molecule has 0 bridgehead atoms. The second-order valence-electron chi connectivity index (χ2n) is 3.19. The molecular weight excluding hydrogens is 172 g/mol. The summed E-state index contributed by atoms with van der Waals surface area (Å²) in [4.78, 5) is 7.53. The van der Waals surface area contributed by atoms with Crippen LogP contribution in [-0.2, 0) is 0 Å². The van der Waals surface area contributed by atoms with Gasteiger partial charge >= 0.3 is 0 Å². The van der Waals surface area contributed by atoms with E-state index in [1.54, 1.807) is 0 Å². The molecule has 0 amide bonds. The van der Waals surface area contributed by atoms with E-state index in [4.69, 9.17) is 0 Å². The summed E-state index contributed by atoms with van der Waals surface area (Å²) >= 11 is 0. The zero-order valence-electron chi connectivity index (χ0n) is 8.07. The molecule has 0 unspecified atom stereocenters. The van der Waals surface area contributed by atoms with Crippen LogP contribution in [0, 0.1) is 6.92 Å². The SMILES string of the molecule is Cc1ccc(/C=N/c2ccccc2)[nH]1. The lowest BCUT2D eigenvalue weighted by Crippen LogP contribution is -1.79. The minimum atomic E-state index is 0.972. The Bertz CT molecular complexity index is 427. The molecule has 14 heavy (non-hydrogen) atoms. The van der Waals surface area contributed by atoms with Crippen molar-refractivity contribution in [2.75, 3.05) is 0 Å². The number of aromatic amines is 1. The fourth-order valence-electron chi connectivity index (χ4n) is 1.26. The van der Waals surface area contributed by atoms with Crippen LogP contribution in [0.5, 0.6) is 0 Å². The molecule has 0 atom stereocenters. The van der Waals surface area contributed by atoms with Crippen molar-refractivity contribution in [3.05, 3.63) is 53.9 Å². The molecule has 0 spiro atoms. The zero-order chi connectivity index (χ0) is 9.80. The number of hydrogen-bond donors (Lipinski definition) is 1. The summed E-state index contributed by atoms with van der Waals surface area (Å²) in [6, 6.07) is 13.9. The van der Waals surface area contributed by atoms with Crippen molar-refractivity contribution in [2.45, 2.75) is 6.92 Å². The summed E-state index contributed by atoms with van der Waals surface area (Å²) in [5, 5.41) is 0. The topological polar surface area (TPSA) is 28.1 Å². The molecule has 1 aromatic carbocycles. The molecule has 0 saturated carbocycles. The van der Waals surface area contributed by atoms with E-state index in [1.807, 2.05) is 55.6 Å². The summed E-state index contributed by atoms with van der Waals surface area (Å²) in [6.45, 7) is 2.03. The number of hydrogen-bond acceptors (Lipinski definition) is 1. The molecule has 70 valence electrons. The normalized spacial score (nSPS) is 10.9. The van der Waals surface area contributed by atoms with Crippen molar-refractivity contribution in [1.82, 2.24) is 4.98 Å². The standard InChI is InChI=1S/C12H12N2/c1-10-7-8-12(14-10)9-13-11-5-3-2-4-6-11/h2-9,14H,1H3/b13-9+. The summed E-state index contributed by atoms with van der Waals surface area (Å²) in [7, 11) is 0. The number of nitrogens with zero attached hydrogens (tertiary/aromatic N) is 1. The molecule has 0 saturated heterocycles. The predicted molar refractivity (Wildman–Crippen MR) is 59.2 cm³/mol. The lowest BCUT2D eigenvalue weighted by atomic mass is 10.3. The van der Waals surface area contributed by atoms with Crippen LogP contribution >= 0.6 is 0 Å². The average molecular weight is 184 g/mol. The first-order valence-corrected chi connectivity index (χ1v) is 4.59. The van der Waals surface area contributed by atoms with Crippen LogP contribution in [0.15, 0.2) is 47.5 Å². The maximum absolute atomic E-state index is 4.33. The fraction of sp³-hybridized carbons (Fsp3) is 0.0833. The Hall–Kier alpha value is -1.83. The molecule has 0 aliphatic heterocycles. The van der Waals surface area contributed by atoms with E-state index in [0.29, 0.717) is 0 Å². The summed E-state index contributed by atoms with van der Waals surface area (Å²) in [5.74, 6) is 0. The molecule has 2 heteroatoms. The maximum atomic E-state index is 4.33. The van der Waals surface area contributed by atoms with Crippen molar-refractivity contribution < 1.29 is 0 Å². The monoisotopic (exact) mass is 184 g/mol. The van der Waals surface area contributed by atoms with E-state index in [2.05, 4.69) is 9.98 Å². The lowest BCUT2D eigenvalue weighted by Gasteiger charge is -1.90. The van der Waals surface area contributed by atoms with E-state index in [-0.39, 0.29) is 0 Å².